The molecule has 0 saturated carbocycles. The quantitative estimate of drug-likeness (QED) is 0.0771. The highest BCUT2D eigenvalue weighted by atomic mass is 35.5. The van der Waals surface area contributed by atoms with Gasteiger partial charge in [-0.05, 0) is 62.4 Å². The van der Waals surface area contributed by atoms with Crippen LogP contribution in [0.25, 0.3) is 11.0 Å². The Morgan fingerprint density at radius 3 is 2.44 bits per heavy atom. The van der Waals surface area contributed by atoms with E-state index in [1.54, 1.807) is 17.7 Å². The molecule has 61 heavy (non-hydrogen) atoms. The van der Waals surface area contributed by atoms with Crippen molar-refractivity contribution in [2.24, 2.45) is 7.05 Å². The molecule has 0 radical (unpaired) electrons. The minimum atomic E-state index is -0.695. The van der Waals surface area contributed by atoms with E-state index in [1.165, 1.54) is 22.1 Å². The molecule has 19 heteroatoms. The van der Waals surface area contributed by atoms with Gasteiger partial charge in [0.2, 0.25) is 11.8 Å². The van der Waals surface area contributed by atoms with Crippen molar-refractivity contribution < 1.29 is 28.6 Å². The zero-order valence-electron chi connectivity index (χ0n) is 34.6. The van der Waals surface area contributed by atoms with Crippen LogP contribution in [0.5, 0.6) is 0 Å². The summed E-state index contributed by atoms with van der Waals surface area (Å²) in [5.41, 5.74) is 3.70. The fourth-order valence-corrected chi connectivity index (χ4v) is 8.39. The molecule has 1 atom stereocenters. The topological polar surface area (TPSA) is 187 Å². The summed E-state index contributed by atoms with van der Waals surface area (Å²) in [4.78, 5) is 68.6. The number of nitrogens with zero attached hydrogens (tertiary/aromatic N) is 7. The van der Waals surface area contributed by atoms with Gasteiger partial charge < -0.3 is 29.7 Å². The average Bonchev–Trinajstić information content (AvgIpc) is 3.81. The van der Waals surface area contributed by atoms with Gasteiger partial charge in [-0.2, -0.15) is 0 Å². The third-order valence-corrected chi connectivity index (χ3v) is 11.9. The maximum absolute atomic E-state index is 13.0. The van der Waals surface area contributed by atoms with E-state index < -0.39 is 11.9 Å². The number of fused-ring (bicyclic) bond motifs is 1. The third-order valence-electron chi connectivity index (χ3n) is 10.7. The van der Waals surface area contributed by atoms with Crippen LogP contribution < -0.4 is 26.5 Å². The molecule has 0 spiro atoms. The van der Waals surface area contributed by atoms with Crippen LogP contribution in [0.3, 0.4) is 0 Å². The molecular weight excluding hydrogens is 824 g/mol. The van der Waals surface area contributed by atoms with E-state index in [0.717, 1.165) is 68.0 Å². The Bertz CT molecular complexity index is 2390. The molecule has 0 bridgehead atoms. The largest absolute Gasteiger partial charge is 0.379 e. The standard InChI is InChI=1S/C42H51ClN10O7S/c1-27-6-4-8-30(43)38(27)49-40(56)34-26-44-41(61-34)47-35-25-36(46-28(2)45-35)52-15-13-51(14-16-52)17-19-59-21-23-60-22-20-58-18-5-7-29-9-10-31-33(24-29)50(3)42(57)53(31)32-11-12-37(54)48-39(32)55/h4,6,8-10,24-26,32H,5,7,11-23H2,1-3H3,(H,49,56)(H,48,54,55)(H,44,45,46,47). The Hall–Kier alpha value is -5.24. The van der Waals surface area contributed by atoms with Crippen molar-refractivity contribution in [1.82, 2.24) is 34.3 Å². The Labute approximate surface area is 362 Å². The van der Waals surface area contributed by atoms with Gasteiger partial charge in [0, 0.05) is 58.9 Å². The summed E-state index contributed by atoms with van der Waals surface area (Å²) in [6.07, 6.45) is 3.64. The van der Waals surface area contributed by atoms with E-state index in [4.69, 9.17) is 25.8 Å². The van der Waals surface area contributed by atoms with Crippen molar-refractivity contribution in [3.63, 3.8) is 0 Å². The number of hydrogen-bond donors (Lipinski definition) is 3. The molecule has 5 heterocycles. The molecule has 5 aromatic rings. The summed E-state index contributed by atoms with van der Waals surface area (Å²) in [6.45, 7) is 11.2. The number of thiazole rings is 1. The van der Waals surface area contributed by atoms with Crippen molar-refractivity contribution in [3.05, 3.63) is 86.0 Å². The number of carbonyl (C=O) groups excluding carboxylic acids is 3. The fourth-order valence-electron chi connectivity index (χ4n) is 7.40. The van der Waals surface area contributed by atoms with Gasteiger partial charge in [0.05, 0.1) is 61.0 Å². The number of halogens is 1. The number of para-hydroxylation sites is 1. The third kappa shape index (κ3) is 11.2. The number of amides is 3. The van der Waals surface area contributed by atoms with Crippen LogP contribution in [0.1, 0.15) is 51.9 Å². The minimum Gasteiger partial charge on any atom is -0.379 e. The van der Waals surface area contributed by atoms with E-state index in [2.05, 4.69) is 40.7 Å². The lowest BCUT2D eigenvalue weighted by atomic mass is 10.1. The highest BCUT2D eigenvalue weighted by Gasteiger charge is 2.31. The number of imide groups is 1. The second-order valence-electron chi connectivity index (χ2n) is 15.0. The Morgan fingerprint density at radius 1 is 0.934 bits per heavy atom. The molecule has 17 nitrogen and oxygen atoms in total. The molecule has 3 N–H and O–H groups in total. The Morgan fingerprint density at radius 2 is 1.69 bits per heavy atom. The maximum Gasteiger partial charge on any atom is 0.329 e. The summed E-state index contributed by atoms with van der Waals surface area (Å²) >= 11 is 7.52. The molecule has 1 unspecified atom stereocenters. The number of rotatable bonds is 19. The first kappa shape index (κ1) is 43.8. The Balaban J connectivity index is 0.737. The van der Waals surface area contributed by atoms with E-state index in [0.29, 0.717) is 83.9 Å². The number of piperazine rings is 1. The van der Waals surface area contributed by atoms with Crippen LogP contribution in [-0.4, -0.2) is 119 Å². The Kier molecular flexibility index (Phi) is 14.8. The summed E-state index contributed by atoms with van der Waals surface area (Å²) in [6, 6.07) is 12.5. The highest BCUT2D eigenvalue weighted by molar-refractivity contribution is 7.17. The van der Waals surface area contributed by atoms with Gasteiger partial charge in [-0.25, -0.2) is 19.7 Å². The van der Waals surface area contributed by atoms with Gasteiger partial charge in [0.25, 0.3) is 5.91 Å². The van der Waals surface area contributed by atoms with Gasteiger partial charge in [-0.1, -0.05) is 41.1 Å². The van der Waals surface area contributed by atoms with Gasteiger partial charge in [-0.3, -0.25) is 33.7 Å². The van der Waals surface area contributed by atoms with Crippen molar-refractivity contribution in [1.29, 1.82) is 0 Å². The van der Waals surface area contributed by atoms with E-state index in [9.17, 15) is 19.2 Å². The van der Waals surface area contributed by atoms with Crippen molar-refractivity contribution in [2.45, 2.75) is 45.6 Å². The van der Waals surface area contributed by atoms with E-state index in [-0.39, 0.29) is 23.9 Å². The average molecular weight is 875 g/mol. The first-order valence-corrected chi connectivity index (χ1v) is 21.6. The highest BCUT2D eigenvalue weighted by Crippen LogP contribution is 2.29. The number of aromatic nitrogens is 5. The first-order chi connectivity index (χ1) is 29.5. The molecule has 324 valence electrons. The number of imidazole rings is 1. The van der Waals surface area contributed by atoms with Crippen molar-refractivity contribution in [3.8, 4) is 0 Å². The lowest BCUT2D eigenvalue weighted by Gasteiger charge is -2.35. The molecule has 2 aliphatic heterocycles. The van der Waals surface area contributed by atoms with Crippen LogP contribution >= 0.6 is 22.9 Å². The number of anilines is 4. The monoisotopic (exact) mass is 874 g/mol. The van der Waals surface area contributed by atoms with Crippen LogP contribution in [-0.2, 0) is 37.3 Å². The fraction of sp³-hybridized carbons (Fsp3) is 0.452. The number of nitrogens with one attached hydrogen (secondary N) is 3. The second kappa shape index (κ2) is 20.5. The van der Waals surface area contributed by atoms with Crippen LogP contribution in [0, 0.1) is 13.8 Å². The zero-order chi connectivity index (χ0) is 42.9. The van der Waals surface area contributed by atoms with Crippen LogP contribution in [0.15, 0.2) is 53.5 Å². The first-order valence-electron chi connectivity index (χ1n) is 20.4. The number of piperidine rings is 1. The van der Waals surface area contributed by atoms with Crippen molar-refractivity contribution in [2.75, 3.05) is 87.9 Å². The number of hydrogen-bond acceptors (Lipinski definition) is 14. The number of aryl methyl sites for hydroxylation is 4. The molecule has 0 aliphatic carbocycles. The molecule has 7 rings (SSSR count). The molecule has 3 aromatic heterocycles. The normalized spacial score (nSPS) is 16.0. The molecule has 2 aromatic carbocycles. The number of carbonyl (C=O) groups is 3. The summed E-state index contributed by atoms with van der Waals surface area (Å²) in [5.74, 6) is 1.05. The van der Waals surface area contributed by atoms with Crippen LogP contribution in [0.2, 0.25) is 5.02 Å². The number of benzene rings is 2. The predicted octanol–water partition coefficient (Wildman–Crippen LogP) is 4.63. The predicted molar refractivity (Wildman–Crippen MR) is 234 cm³/mol. The smallest absolute Gasteiger partial charge is 0.329 e. The van der Waals surface area contributed by atoms with Crippen LogP contribution in [0.4, 0.5) is 22.5 Å². The SMILES string of the molecule is Cc1nc(Nc2ncc(C(=O)Nc3c(C)cccc3Cl)s2)cc(N2CCN(CCOCCOCCOCCCc3ccc4c(c3)n(C)c(=O)n4C3CCC(=O)NC3=O)CC2)n1. The molecule has 2 aliphatic rings. The van der Waals surface area contributed by atoms with Gasteiger partial charge >= 0.3 is 5.69 Å². The van der Waals surface area contributed by atoms with Gasteiger partial charge in [-0.15, -0.1) is 0 Å². The molecule has 2 fully saturated rings. The summed E-state index contributed by atoms with van der Waals surface area (Å²) < 4.78 is 20.3. The second-order valence-corrected chi connectivity index (χ2v) is 16.4. The number of ether oxygens (including phenoxy) is 3. The minimum absolute atomic E-state index is 0.210. The van der Waals surface area contributed by atoms with Crippen molar-refractivity contribution >= 4 is 74.1 Å². The molecule has 2 saturated heterocycles. The summed E-state index contributed by atoms with van der Waals surface area (Å²) in [5, 5.41) is 9.50. The van der Waals surface area contributed by atoms with E-state index in [1.807, 2.05) is 50.2 Å². The zero-order valence-corrected chi connectivity index (χ0v) is 36.1. The van der Waals surface area contributed by atoms with E-state index >= 15 is 0 Å². The summed E-state index contributed by atoms with van der Waals surface area (Å²) in [7, 11) is 1.70. The maximum atomic E-state index is 13.0. The molecule has 3 amide bonds. The van der Waals surface area contributed by atoms with Gasteiger partial charge in [0.15, 0.2) is 5.13 Å². The van der Waals surface area contributed by atoms with Gasteiger partial charge in [0.1, 0.15) is 28.4 Å². The lowest BCUT2D eigenvalue weighted by molar-refractivity contribution is -0.135. The molecular formula is C42H51ClN10O7S. The lowest BCUT2D eigenvalue weighted by Crippen LogP contribution is -2.47.